The fourth-order valence-electron chi connectivity index (χ4n) is 1.06. The number of allylic oxidation sites excluding steroid dienone is 1. The molecule has 2 N–H and O–H groups in total. The summed E-state index contributed by atoms with van der Waals surface area (Å²) in [6.45, 7) is 2.09. The highest BCUT2D eigenvalue weighted by molar-refractivity contribution is 5.61. The molecule has 0 saturated heterocycles. The summed E-state index contributed by atoms with van der Waals surface area (Å²) in [4.78, 5) is 0. The zero-order valence-electron chi connectivity index (χ0n) is 7.70. The van der Waals surface area contributed by atoms with Gasteiger partial charge in [-0.1, -0.05) is 37.6 Å². The Morgan fingerprint density at radius 2 is 2.08 bits per heavy atom. The molecule has 0 unspecified atom stereocenters. The first-order chi connectivity index (χ1) is 6.25. The number of unbranched alkanes of at least 4 members (excludes halogenated alkanes) is 1. The van der Waals surface area contributed by atoms with E-state index in [4.69, 9.17) is 0 Å². The van der Waals surface area contributed by atoms with Crippen molar-refractivity contribution in [3.8, 4) is 11.5 Å². The highest BCUT2D eigenvalue weighted by Crippen LogP contribution is 2.28. The van der Waals surface area contributed by atoms with Crippen LogP contribution in [0.2, 0.25) is 0 Å². The van der Waals surface area contributed by atoms with Gasteiger partial charge in [0.1, 0.15) is 0 Å². The summed E-state index contributed by atoms with van der Waals surface area (Å²) in [6.07, 6.45) is 5.86. The number of para-hydroxylation sites is 1. The molecule has 0 heterocycles. The van der Waals surface area contributed by atoms with Crippen molar-refractivity contribution in [3.05, 3.63) is 29.8 Å². The van der Waals surface area contributed by atoms with E-state index >= 15 is 0 Å². The van der Waals surface area contributed by atoms with Crippen LogP contribution in [0.1, 0.15) is 25.3 Å². The Balaban J connectivity index is 2.83. The topological polar surface area (TPSA) is 40.5 Å². The Hall–Kier alpha value is -1.44. The minimum Gasteiger partial charge on any atom is -0.504 e. The summed E-state index contributed by atoms with van der Waals surface area (Å²) < 4.78 is 0. The molecular weight excluding hydrogens is 164 g/mol. The number of benzene rings is 1. The number of rotatable bonds is 3. The minimum absolute atomic E-state index is 0.0464. The highest BCUT2D eigenvalue weighted by atomic mass is 16.3. The van der Waals surface area contributed by atoms with Crippen molar-refractivity contribution in [1.82, 2.24) is 0 Å². The van der Waals surface area contributed by atoms with E-state index in [1.165, 1.54) is 6.07 Å². The van der Waals surface area contributed by atoms with Crippen LogP contribution in [-0.4, -0.2) is 10.2 Å². The summed E-state index contributed by atoms with van der Waals surface area (Å²) in [5, 5.41) is 18.6. The molecule has 0 fully saturated rings. The predicted octanol–water partition coefficient (Wildman–Crippen LogP) is 2.91. The van der Waals surface area contributed by atoms with Crippen LogP contribution in [0.25, 0.3) is 6.08 Å². The van der Waals surface area contributed by atoms with E-state index in [2.05, 4.69) is 6.92 Å². The van der Waals surface area contributed by atoms with Gasteiger partial charge in [0.2, 0.25) is 0 Å². The standard InChI is InChI=1S/C11H14O2/c1-2-3-4-6-9-7-5-8-10(12)11(9)13/h4-8,12-13H,2-3H2,1H3. The molecule has 70 valence electrons. The van der Waals surface area contributed by atoms with Gasteiger partial charge in [0.25, 0.3) is 0 Å². The molecule has 0 saturated carbocycles. The van der Waals surface area contributed by atoms with E-state index in [1.54, 1.807) is 12.1 Å². The molecule has 0 aliphatic rings. The van der Waals surface area contributed by atoms with Gasteiger partial charge in [0.15, 0.2) is 11.5 Å². The number of aromatic hydroxyl groups is 2. The largest absolute Gasteiger partial charge is 0.504 e. The highest BCUT2D eigenvalue weighted by Gasteiger charge is 2.00. The molecule has 1 aromatic carbocycles. The number of phenols is 2. The number of phenolic OH excluding ortho intramolecular Hbond substituents is 2. The first kappa shape index (κ1) is 9.65. The van der Waals surface area contributed by atoms with Crippen molar-refractivity contribution < 1.29 is 10.2 Å². The maximum Gasteiger partial charge on any atom is 0.164 e. The predicted molar refractivity (Wildman–Crippen MR) is 53.7 cm³/mol. The van der Waals surface area contributed by atoms with E-state index in [0.29, 0.717) is 5.56 Å². The minimum atomic E-state index is -0.0707. The van der Waals surface area contributed by atoms with E-state index in [9.17, 15) is 10.2 Å². The molecule has 13 heavy (non-hydrogen) atoms. The lowest BCUT2D eigenvalue weighted by atomic mass is 10.1. The molecule has 2 nitrogen and oxygen atoms in total. The van der Waals surface area contributed by atoms with Crippen LogP contribution in [0.5, 0.6) is 11.5 Å². The Morgan fingerprint density at radius 3 is 2.77 bits per heavy atom. The van der Waals surface area contributed by atoms with Gasteiger partial charge in [0.05, 0.1) is 0 Å². The second-order valence-corrected chi connectivity index (χ2v) is 2.91. The van der Waals surface area contributed by atoms with Crippen LogP contribution in [0.15, 0.2) is 24.3 Å². The molecule has 0 aromatic heterocycles. The number of hydrogen-bond acceptors (Lipinski definition) is 2. The molecule has 0 aliphatic carbocycles. The second kappa shape index (κ2) is 4.55. The van der Waals surface area contributed by atoms with Gasteiger partial charge in [-0.3, -0.25) is 0 Å². The summed E-state index contributed by atoms with van der Waals surface area (Å²) in [5.74, 6) is -0.117. The van der Waals surface area contributed by atoms with Crippen LogP contribution in [0.4, 0.5) is 0 Å². The second-order valence-electron chi connectivity index (χ2n) is 2.91. The Kier molecular flexibility index (Phi) is 3.38. The molecule has 2 heteroatoms. The van der Waals surface area contributed by atoms with E-state index in [0.717, 1.165) is 12.8 Å². The molecule has 1 aromatic rings. The van der Waals surface area contributed by atoms with Crippen molar-refractivity contribution in [3.63, 3.8) is 0 Å². The Bertz CT molecular complexity index is 303. The van der Waals surface area contributed by atoms with Crippen LogP contribution in [0.3, 0.4) is 0 Å². The first-order valence-corrected chi connectivity index (χ1v) is 4.43. The lowest BCUT2D eigenvalue weighted by Gasteiger charge is -2.00. The molecular formula is C11H14O2. The third-order valence-electron chi connectivity index (χ3n) is 1.80. The lowest BCUT2D eigenvalue weighted by molar-refractivity contribution is 0.403. The summed E-state index contributed by atoms with van der Waals surface area (Å²) >= 11 is 0. The monoisotopic (exact) mass is 178 g/mol. The van der Waals surface area contributed by atoms with Gasteiger partial charge in [-0.05, 0) is 12.5 Å². The lowest BCUT2D eigenvalue weighted by Crippen LogP contribution is -1.75. The van der Waals surface area contributed by atoms with Crippen molar-refractivity contribution >= 4 is 6.08 Å². The molecule has 0 amide bonds. The Labute approximate surface area is 78.2 Å². The molecule has 0 bridgehead atoms. The van der Waals surface area contributed by atoms with Crippen LogP contribution >= 0.6 is 0 Å². The van der Waals surface area contributed by atoms with Gasteiger partial charge >= 0.3 is 0 Å². The van der Waals surface area contributed by atoms with Crippen molar-refractivity contribution in [2.45, 2.75) is 19.8 Å². The van der Waals surface area contributed by atoms with Crippen LogP contribution < -0.4 is 0 Å². The summed E-state index contributed by atoms with van der Waals surface area (Å²) in [5.41, 5.74) is 0.661. The number of hydrogen-bond donors (Lipinski definition) is 2. The summed E-state index contributed by atoms with van der Waals surface area (Å²) in [6, 6.07) is 4.94. The third-order valence-corrected chi connectivity index (χ3v) is 1.80. The van der Waals surface area contributed by atoms with Crippen molar-refractivity contribution in [2.24, 2.45) is 0 Å². The van der Waals surface area contributed by atoms with Crippen molar-refractivity contribution in [1.29, 1.82) is 0 Å². The maximum atomic E-state index is 9.40. The fraction of sp³-hybridized carbons (Fsp3) is 0.273. The Morgan fingerprint density at radius 1 is 1.31 bits per heavy atom. The molecule has 0 radical (unpaired) electrons. The molecule has 1 rings (SSSR count). The van der Waals surface area contributed by atoms with E-state index in [1.807, 2.05) is 12.2 Å². The van der Waals surface area contributed by atoms with E-state index < -0.39 is 0 Å². The van der Waals surface area contributed by atoms with Gasteiger partial charge in [-0.25, -0.2) is 0 Å². The summed E-state index contributed by atoms with van der Waals surface area (Å²) in [7, 11) is 0. The average molecular weight is 178 g/mol. The smallest absolute Gasteiger partial charge is 0.164 e. The fourth-order valence-corrected chi connectivity index (χ4v) is 1.06. The van der Waals surface area contributed by atoms with Crippen molar-refractivity contribution in [2.75, 3.05) is 0 Å². The zero-order valence-corrected chi connectivity index (χ0v) is 7.70. The molecule has 0 aliphatic heterocycles. The SMILES string of the molecule is CCCC=Cc1cccc(O)c1O. The first-order valence-electron chi connectivity index (χ1n) is 4.43. The van der Waals surface area contributed by atoms with Crippen LogP contribution in [-0.2, 0) is 0 Å². The quantitative estimate of drug-likeness (QED) is 0.698. The average Bonchev–Trinajstić information content (AvgIpc) is 2.13. The third kappa shape index (κ3) is 2.51. The molecule has 0 atom stereocenters. The maximum absolute atomic E-state index is 9.40. The van der Waals surface area contributed by atoms with Gasteiger partial charge in [0, 0.05) is 5.56 Å². The van der Waals surface area contributed by atoms with Gasteiger partial charge in [-0.2, -0.15) is 0 Å². The normalized spacial score (nSPS) is 10.8. The zero-order chi connectivity index (χ0) is 9.68. The van der Waals surface area contributed by atoms with E-state index in [-0.39, 0.29) is 11.5 Å². The van der Waals surface area contributed by atoms with Gasteiger partial charge < -0.3 is 10.2 Å². The van der Waals surface area contributed by atoms with Gasteiger partial charge in [-0.15, -0.1) is 0 Å². The molecule has 0 spiro atoms. The van der Waals surface area contributed by atoms with Crippen LogP contribution in [0, 0.1) is 0 Å².